The Labute approximate surface area is 217 Å². The van der Waals surface area contributed by atoms with Crippen LogP contribution in [0.25, 0.3) is 0 Å². The van der Waals surface area contributed by atoms with Gasteiger partial charge in [-0.1, -0.05) is 40.7 Å². The van der Waals surface area contributed by atoms with E-state index in [0.717, 1.165) is 0 Å². The van der Waals surface area contributed by atoms with Crippen molar-refractivity contribution in [2.45, 2.75) is 108 Å². The lowest BCUT2D eigenvalue weighted by Gasteiger charge is -2.54. The molecule has 2 heterocycles. The standard InChI is InChI=1S/C28H40O9/c1-9-12(2)21(31)36-28-17(23(28,5)6)16-20-25(35-20)11-34-24(7,8)37-22(25)27(33)15(10-13(3)18(27)29)26(16,32)14(4)19(28)30/h10,12,14-17,19-20,22,30,32-33H,9,11H2,1-8H3/t12-,14+,15-,16?,17+,19+,20-,22+,25-,26-,27+,28+/m0/s1. The SMILES string of the molecule is CC[C@H](C)C(=O)O[C@@]12[C@H](O)[C@@H](C)[C@@]3(O)C([C@@H]1C2(C)C)[C@@H]1O[C@@]12COC(C)(C)O[C@H]2[C@]1(O)C(=O)C(C)=C[C@H]13. The molecule has 0 amide bonds. The fourth-order valence-corrected chi connectivity index (χ4v) is 8.70. The lowest BCUT2D eigenvalue weighted by Crippen LogP contribution is -2.70. The summed E-state index contributed by atoms with van der Waals surface area (Å²) in [6.07, 6.45) is -0.702. The first kappa shape index (κ1) is 25.9. The number of epoxide rings is 1. The van der Waals surface area contributed by atoms with E-state index in [2.05, 4.69) is 0 Å². The number of rotatable bonds is 3. The van der Waals surface area contributed by atoms with Gasteiger partial charge in [-0.3, -0.25) is 9.59 Å². The zero-order chi connectivity index (χ0) is 27.3. The lowest BCUT2D eigenvalue weighted by molar-refractivity contribution is -0.329. The number of fused-ring (bicyclic) bond motifs is 7. The predicted octanol–water partition coefficient (Wildman–Crippen LogP) is 1.51. The Morgan fingerprint density at radius 1 is 1.22 bits per heavy atom. The third-order valence-electron chi connectivity index (χ3n) is 11.1. The Morgan fingerprint density at radius 2 is 1.86 bits per heavy atom. The van der Waals surface area contributed by atoms with E-state index >= 15 is 0 Å². The number of ether oxygens (including phenoxy) is 4. The van der Waals surface area contributed by atoms with E-state index in [4.69, 9.17) is 18.9 Å². The Balaban J connectivity index is 1.54. The van der Waals surface area contributed by atoms with Crippen molar-refractivity contribution < 1.29 is 43.9 Å². The van der Waals surface area contributed by atoms with E-state index < -0.39 is 81.4 Å². The summed E-state index contributed by atoms with van der Waals surface area (Å²) < 4.78 is 24.8. The molecule has 1 spiro atoms. The monoisotopic (exact) mass is 520 g/mol. The van der Waals surface area contributed by atoms with Gasteiger partial charge in [0.05, 0.1) is 30.3 Å². The lowest BCUT2D eigenvalue weighted by atomic mass is 9.58. The number of Topliss-reactive ketones (excluding diaryl/α,β-unsaturated/α-hetero) is 1. The number of ketones is 1. The van der Waals surface area contributed by atoms with Gasteiger partial charge in [-0.2, -0.15) is 0 Å². The summed E-state index contributed by atoms with van der Waals surface area (Å²) in [5.41, 5.74) is -6.60. The number of carbonyl (C=O) groups excluding carboxylic acids is 2. The molecule has 2 saturated heterocycles. The van der Waals surface area contributed by atoms with Gasteiger partial charge >= 0.3 is 5.97 Å². The summed E-state index contributed by atoms with van der Waals surface area (Å²) in [5.74, 6) is -5.37. The molecule has 2 aliphatic heterocycles. The maximum atomic E-state index is 13.6. The van der Waals surface area contributed by atoms with Crippen LogP contribution in [-0.2, 0) is 28.5 Å². The molecule has 0 radical (unpaired) electrons. The van der Waals surface area contributed by atoms with Gasteiger partial charge in [0.1, 0.15) is 17.3 Å². The van der Waals surface area contributed by atoms with Crippen molar-refractivity contribution in [2.24, 2.45) is 35.0 Å². The largest absolute Gasteiger partial charge is 0.455 e. The third kappa shape index (κ3) is 2.67. The summed E-state index contributed by atoms with van der Waals surface area (Å²) in [6.45, 7) is 14.4. The molecule has 5 fully saturated rings. The molecule has 3 saturated carbocycles. The maximum Gasteiger partial charge on any atom is 0.309 e. The van der Waals surface area contributed by atoms with E-state index in [1.54, 1.807) is 40.7 Å². The first-order valence-corrected chi connectivity index (χ1v) is 13.6. The zero-order valence-corrected chi connectivity index (χ0v) is 22.9. The van der Waals surface area contributed by atoms with Crippen LogP contribution < -0.4 is 0 Å². The Kier molecular flexibility index (Phi) is 4.92. The van der Waals surface area contributed by atoms with Gasteiger partial charge in [0.2, 0.25) is 0 Å². The molecule has 0 aromatic rings. The van der Waals surface area contributed by atoms with Crippen molar-refractivity contribution in [3.05, 3.63) is 11.6 Å². The molecule has 6 rings (SSSR count). The zero-order valence-electron chi connectivity index (χ0n) is 22.9. The minimum Gasteiger partial charge on any atom is -0.455 e. The summed E-state index contributed by atoms with van der Waals surface area (Å²) in [6, 6.07) is 0. The van der Waals surface area contributed by atoms with E-state index in [1.165, 1.54) is 0 Å². The van der Waals surface area contributed by atoms with Crippen molar-refractivity contribution >= 4 is 11.8 Å². The van der Waals surface area contributed by atoms with E-state index in [-0.39, 0.29) is 18.5 Å². The Hall–Kier alpha value is -1.36. The van der Waals surface area contributed by atoms with E-state index in [9.17, 15) is 24.9 Å². The molecule has 4 aliphatic carbocycles. The fourth-order valence-electron chi connectivity index (χ4n) is 8.70. The van der Waals surface area contributed by atoms with E-state index in [0.29, 0.717) is 12.0 Å². The fraction of sp³-hybridized carbons (Fsp3) is 0.857. The van der Waals surface area contributed by atoms with Crippen LogP contribution >= 0.6 is 0 Å². The van der Waals surface area contributed by atoms with Gasteiger partial charge in [0, 0.05) is 29.1 Å². The van der Waals surface area contributed by atoms with Crippen LogP contribution in [0.3, 0.4) is 0 Å². The summed E-state index contributed by atoms with van der Waals surface area (Å²) in [4.78, 5) is 26.7. The van der Waals surface area contributed by atoms with Gasteiger partial charge in [-0.15, -0.1) is 0 Å². The number of hydrogen-bond donors (Lipinski definition) is 3. The van der Waals surface area contributed by atoms with Gasteiger partial charge in [-0.25, -0.2) is 0 Å². The maximum absolute atomic E-state index is 13.6. The van der Waals surface area contributed by atoms with Crippen LogP contribution in [0, 0.1) is 35.0 Å². The van der Waals surface area contributed by atoms with Gasteiger partial charge in [0.15, 0.2) is 17.2 Å². The average molecular weight is 521 g/mol. The molecule has 1 unspecified atom stereocenters. The normalized spacial score (nSPS) is 54.8. The molecule has 3 N–H and O–H groups in total. The quantitative estimate of drug-likeness (QED) is 0.374. The molecule has 0 aromatic heterocycles. The Bertz CT molecular complexity index is 1110. The summed E-state index contributed by atoms with van der Waals surface area (Å²) in [7, 11) is 0. The highest BCUT2D eigenvalue weighted by Gasteiger charge is 2.93. The van der Waals surface area contributed by atoms with Crippen molar-refractivity contribution in [1.82, 2.24) is 0 Å². The number of hydrogen-bond acceptors (Lipinski definition) is 9. The van der Waals surface area contributed by atoms with E-state index in [1.807, 2.05) is 20.8 Å². The van der Waals surface area contributed by atoms with Crippen LogP contribution in [0.1, 0.15) is 61.8 Å². The Morgan fingerprint density at radius 3 is 2.49 bits per heavy atom. The van der Waals surface area contributed by atoms with Crippen molar-refractivity contribution in [1.29, 1.82) is 0 Å². The smallest absolute Gasteiger partial charge is 0.309 e. The minimum atomic E-state index is -2.11. The molecule has 6 aliphatic rings. The van der Waals surface area contributed by atoms with Crippen LogP contribution in [0.4, 0.5) is 0 Å². The van der Waals surface area contributed by atoms with Crippen molar-refractivity contribution in [3.8, 4) is 0 Å². The molecule has 12 atom stereocenters. The second kappa shape index (κ2) is 7.04. The first-order valence-electron chi connectivity index (χ1n) is 13.6. The highest BCUT2D eigenvalue weighted by molar-refractivity contribution is 6.05. The molecule has 0 aromatic carbocycles. The number of aliphatic hydroxyl groups is 3. The highest BCUT2D eigenvalue weighted by Crippen LogP contribution is 2.80. The summed E-state index contributed by atoms with van der Waals surface area (Å²) >= 11 is 0. The number of carbonyl (C=O) groups is 2. The second-order valence-corrected chi connectivity index (χ2v) is 13.5. The van der Waals surface area contributed by atoms with Gasteiger partial charge < -0.3 is 34.3 Å². The molecular weight excluding hydrogens is 480 g/mol. The third-order valence-corrected chi connectivity index (χ3v) is 11.1. The molecular formula is C28H40O9. The minimum absolute atomic E-state index is 0.0764. The first-order chi connectivity index (χ1) is 17.0. The van der Waals surface area contributed by atoms with Crippen LogP contribution in [0.2, 0.25) is 0 Å². The molecule has 37 heavy (non-hydrogen) atoms. The average Bonchev–Trinajstić information content (AvgIpc) is 3.64. The van der Waals surface area contributed by atoms with Gasteiger partial charge in [-0.05, 0) is 32.8 Å². The topological polar surface area (TPSA) is 135 Å². The van der Waals surface area contributed by atoms with Crippen LogP contribution in [-0.4, -0.2) is 80.2 Å². The number of esters is 1. The summed E-state index contributed by atoms with van der Waals surface area (Å²) in [5, 5.41) is 36.9. The molecule has 206 valence electrons. The van der Waals surface area contributed by atoms with Crippen LogP contribution in [0.5, 0.6) is 0 Å². The van der Waals surface area contributed by atoms with Crippen LogP contribution in [0.15, 0.2) is 11.6 Å². The van der Waals surface area contributed by atoms with Crippen molar-refractivity contribution in [2.75, 3.05) is 6.61 Å². The molecule has 0 bridgehead atoms. The highest BCUT2D eigenvalue weighted by atomic mass is 16.8. The number of aliphatic hydroxyl groups excluding tert-OH is 1. The van der Waals surface area contributed by atoms with Crippen molar-refractivity contribution in [3.63, 3.8) is 0 Å². The second-order valence-electron chi connectivity index (χ2n) is 13.5. The molecule has 9 heteroatoms. The van der Waals surface area contributed by atoms with Gasteiger partial charge in [0.25, 0.3) is 0 Å². The molecule has 9 nitrogen and oxygen atoms in total. The predicted molar refractivity (Wildman–Crippen MR) is 129 cm³/mol.